The van der Waals surface area contributed by atoms with Gasteiger partial charge in [-0.2, -0.15) is 0 Å². The van der Waals surface area contributed by atoms with Gasteiger partial charge < -0.3 is 9.47 Å². The molecule has 110 valence electrons. The molecule has 3 unspecified atom stereocenters. The summed E-state index contributed by atoms with van der Waals surface area (Å²) in [6, 6.07) is 5.97. The monoisotopic (exact) mass is 294 g/mol. The van der Waals surface area contributed by atoms with E-state index in [2.05, 4.69) is 0 Å². The number of halogens is 1. The van der Waals surface area contributed by atoms with Gasteiger partial charge in [0.1, 0.15) is 0 Å². The molecule has 0 heterocycles. The lowest BCUT2D eigenvalue weighted by molar-refractivity contribution is 0.186. The largest absolute Gasteiger partial charge is 0.490 e. The average Bonchev–Trinajstić information content (AvgIpc) is 3.08. The van der Waals surface area contributed by atoms with E-state index < -0.39 is 0 Å². The highest BCUT2D eigenvalue weighted by Crippen LogP contribution is 2.48. The van der Waals surface area contributed by atoms with Gasteiger partial charge in [-0.1, -0.05) is 18.6 Å². The van der Waals surface area contributed by atoms with Crippen molar-refractivity contribution in [2.24, 2.45) is 17.8 Å². The van der Waals surface area contributed by atoms with Crippen molar-refractivity contribution in [3.8, 4) is 11.5 Å². The van der Waals surface area contributed by atoms with Crippen LogP contribution in [0.15, 0.2) is 18.2 Å². The molecular formula is C17H23ClO2. The highest BCUT2D eigenvalue weighted by Gasteiger charge is 2.39. The molecular weight excluding hydrogens is 272 g/mol. The fraction of sp³-hybridized carbons (Fsp3) is 0.647. The molecule has 3 rings (SSSR count). The molecule has 0 saturated heterocycles. The summed E-state index contributed by atoms with van der Waals surface area (Å²) >= 11 is 6.03. The summed E-state index contributed by atoms with van der Waals surface area (Å²) in [4.78, 5) is 0. The van der Waals surface area contributed by atoms with Crippen molar-refractivity contribution in [2.45, 2.75) is 38.5 Å². The molecule has 0 radical (unpaired) electrons. The van der Waals surface area contributed by atoms with Gasteiger partial charge in [0.15, 0.2) is 11.5 Å². The van der Waals surface area contributed by atoms with Crippen LogP contribution < -0.4 is 9.47 Å². The molecule has 0 N–H and O–H groups in total. The van der Waals surface area contributed by atoms with Crippen molar-refractivity contribution in [2.75, 3.05) is 13.2 Å². The molecule has 3 heteroatoms. The molecule has 1 aromatic rings. The van der Waals surface area contributed by atoms with E-state index >= 15 is 0 Å². The number of rotatable bonds is 6. The number of alkyl halides is 1. The van der Waals surface area contributed by atoms with Crippen molar-refractivity contribution in [3.63, 3.8) is 0 Å². The van der Waals surface area contributed by atoms with Crippen LogP contribution in [-0.4, -0.2) is 13.2 Å². The van der Waals surface area contributed by atoms with Crippen molar-refractivity contribution in [1.82, 2.24) is 0 Å². The van der Waals surface area contributed by atoms with Crippen molar-refractivity contribution >= 4 is 11.6 Å². The standard InChI is InChI=1S/C17H23ClO2/c1-2-19-16-5-3-4-14(10-18)17(16)20-11-15-9-12-6-7-13(15)8-12/h3-5,12-13,15H,2,6-11H2,1H3. The molecule has 2 fully saturated rings. The third kappa shape index (κ3) is 2.76. The number of benzene rings is 1. The first kappa shape index (κ1) is 14.1. The SMILES string of the molecule is CCOc1cccc(CCl)c1OCC1CC2CCC1C2. The summed E-state index contributed by atoms with van der Waals surface area (Å²) in [5.41, 5.74) is 1.03. The van der Waals surface area contributed by atoms with E-state index in [0.29, 0.717) is 12.5 Å². The molecule has 20 heavy (non-hydrogen) atoms. The predicted octanol–water partition coefficient (Wildman–Crippen LogP) is 4.64. The Bertz CT molecular complexity index is 460. The molecule has 2 nitrogen and oxygen atoms in total. The zero-order chi connectivity index (χ0) is 13.9. The lowest BCUT2D eigenvalue weighted by atomic mass is 9.89. The van der Waals surface area contributed by atoms with Crippen molar-refractivity contribution < 1.29 is 9.47 Å². The third-order valence-corrected chi connectivity index (χ3v) is 5.12. The van der Waals surface area contributed by atoms with Crippen LogP contribution in [0.25, 0.3) is 0 Å². The summed E-state index contributed by atoms with van der Waals surface area (Å²) in [6.45, 7) is 3.46. The van der Waals surface area contributed by atoms with E-state index in [0.717, 1.165) is 41.4 Å². The summed E-state index contributed by atoms with van der Waals surface area (Å²) in [5, 5.41) is 0. The molecule has 0 aliphatic heterocycles. The minimum atomic E-state index is 0.465. The van der Waals surface area contributed by atoms with E-state index in [-0.39, 0.29) is 0 Å². The first-order chi connectivity index (χ1) is 9.81. The number of hydrogen-bond acceptors (Lipinski definition) is 2. The first-order valence-electron chi connectivity index (χ1n) is 7.75. The van der Waals surface area contributed by atoms with Gasteiger partial charge in [0, 0.05) is 5.56 Å². The first-order valence-corrected chi connectivity index (χ1v) is 8.28. The predicted molar refractivity (Wildman–Crippen MR) is 81.6 cm³/mol. The van der Waals surface area contributed by atoms with Crippen LogP contribution >= 0.6 is 11.6 Å². The summed E-state index contributed by atoms with van der Waals surface area (Å²) in [6.07, 6.45) is 5.60. The second kappa shape index (κ2) is 6.26. The Balaban J connectivity index is 1.69. The summed E-state index contributed by atoms with van der Waals surface area (Å²) in [5.74, 6) is 4.72. The van der Waals surface area contributed by atoms with E-state index in [1.54, 1.807) is 0 Å². The molecule has 0 spiro atoms. The van der Waals surface area contributed by atoms with Gasteiger partial charge in [0.05, 0.1) is 19.1 Å². The zero-order valence-electron chi connectivity index (χ0n) is 12.1. The van der Waals surface area contributed by atoms with Gasteiger partial charge in [-0.25, -0.2) is 0 Å². The average molecular weight is 295 g/mol. The summed E-state index contributed by atoms with van der Waals surface area (Å²) in [7, 11) is 0. The quantitative estimate of drug-likeness (QED) is 0.712. The van der Waals surface area contributed by atoms with Crippen molar-refractivity contribution in [1.29, 1.82) is 0 Å². The van der Waals surface area contributed by atoms with Gasteiger partial charge in [-0.15, -0.1) is 11.6 Å². The molecule has 0 amide bonds. The minimum absolute atomic E-state index is 0.465. The minimum Gasteiger partial charge on any atom is -0.490 e. The fourth-order valence-electron chi connectivity index (χ4n) is 3.87. The van der Waals surface area contributed by atoms with Crippen molar-refractivity contribution in [3.05, 3.63) is 23.8 Å². The Morgan fingerprint density at radius 1 is 1.20 bits per heavy atom. The normalized spacial score (nSPS) is 27.8. The molecule has 0 aromatic heterocycles. The van der Waals surface area contributed by atoms with Crippen LogP contribution in [0.4, 0.5) is 0 Å². The van der Waals surface area contributed by atoms with Crippen LogP contribution in [0.1, 0.15) is 38.2 Å². The van der Waals surface area contributed by atoms with Crippen LogP contribution in [0, 0.1) is 17.8 Å². The summed E-state index contributed by atoms with van der Waals surface area (Å²) < 4.78 is 11.8. The third-order valence-electron chi connectivity index (χ3n) is 4.83. The van der Waals surface area contributed by atoms with Gasteiger partial charge >= 0.3 is 0 Å². The maximum absolute atomic E-state index is 6.14. The highest BCUT2D eigenvalue weighted by atomic mass is 35.5. The van der Waals surface area contributed by atoms with Crippen LogP contribution in [0.3, 0.4) is 0 Å². The number of hydrogen-bond donors (Lipinski definition) is 0. The van der Waals surface area contributed by atoms with E-state index in [4.69, 9.17) is 21.1 Å². The Morgan fingerprint density at radius 2 is 2.10 bits per heavy atom. The van der Waals surface area contributed by atoms with Gasteiger partial charge in [-0.05, 0) is 50.0 Å². The molecule has 1 aromatic carbocycles. The van der Waals surface area contributed by atoms with Gasteiger partial charge in [-0.3, -0.25) is 0 Å². The molecule has 2 saturated carbocycles. The maximum atomic E-state index is 6.14. The molecule has 3 atom stereocenters. The van der Waals surface area contributed by atoms with Crippen LogP contribution in [0.2, 0.25) is 0 Å². The lowest BCUT2D eigenvalue weighted by Crippen LogP contribution is -2.19. The highest BCUT2D eigenvalue weighted by molar-refractivity contribution is 6.17. The lowest BCUT2D eigenvalue weighted by Gasteiger charge is -2.23. The fourth-order valence-corrected chi connectivity index (χ4v) is 4.08. The van der Waals surface area contributed by atoms with Crippen LogP contribution in [-0.2, 0) is 5.88 Å². The second-order valence-corrected chi connectivity index (χ2v) is 6.32. The topological polar surface area (TPSA) is 18.5 Å². The van der Waals surface area contributed by atoms with E-state index in [1.807, 2.05) is 25.1 Å². The maximum Gasteiger partial charge on any atom is 0.165 e. The number of para-hydroxylation sites is 1. The Hall–Kier alpha value is -0.890. The Morgan fingerprint density at radius 3 is 2.75 bits per heavy atom. The number of ether oxygens (including phenoxy) is 2. The second-order valence-electron chi connectivity index (χ2n) is 6.06. The molecule has 2 bridgehead atoms. The van der Waals surface area contributed by atoms with E-state index in [1.165, 1.54) is 25.7 Å². The molecule has 2 aliphatic rings. The van der Waals surface area contributed by atoms with Gasteiger partial charge in [0.25, 0.3) is 0 Å². The smallest absolute Gasteiger partial charge is 0.165 e. The Kier molecular flexibility index (Phi) is 4.40. The van der Waals surface area contributed by atoms with Crippen LogP contribution in [0.5, 0.6) is 11.5 Å². The zero-order valence-corrected chi connectivity index (χ0v) is 12.9. The molecule has 2 aliphatic carbocycles. The number of fused-ring (bicyclic) bond motifs is 2. The van der Waals surface area contributed by atoms with E-state index in [9.17, 15) is 0 Å². The van der Waals surface area contributed by atoms with Gasteiger partial charge in [0.2, 0.25) is 0 Å². The Labute approximate surface area is 126 Å².